The molecule has 0 aliphatic carbocycles. The van der Waals surface area contributed by atoms with Gasteiger partial charge in [-0.25, -0.2) is 0 Å². The van der Waals surface area contributed by atoms with E-state index in [9.17, 15) is 5.11 Å². The highest BCUT2D eigenvalue weighted by atomic mass is 32.1. The zero-order valence-corrected chi connectivity index (χ0v) is 20.9. The van der Waals surface area contributed by atoms with Crippen molar-refractivity contribution in [3.05, 3.63) is 64.5 Å². The zero-order chi connectivity index (χ0) is 23.5. The predicted octanol–water partition coefficient (Wildman–Crippen LogP) is 5.54. The number of benzene rings is 2. The van der Waals surface area contributed by atoms with E-state index in [0.29, 0.717) is 31.4 Å². The Morgan fingerprint density at radius 1 is 1.15 bits per heavy atom. The van der Waals surface area contributed by atoms with Crippen molar-refractivity contribution in [1.29, 1.82) is 0 Å². The first-order valence-corrected chi connectivity index (χ1v) is 13.0. The molecular weight excluding hydrogens is 444 g/mol. The molecule has 0 saturated carbocycles. The summed E-state index contributed by atoms with van der Waals surface area (Å²) >= 11 is 1.81. The molecule has 34 heavy (non-hydrogen) atoms. The third-order valence-corrected chi connectivity index (χ3v) is 7.84. The van der Waals surface area contributed by atoms with Crippen molar-refractivity contribution in [1.82, 2.24) is 9.80 Å². The lowest BCUT2D eigenvalue weighted by atomic mass is 9.99. The second-order valence-electron chi connectivity index (χ2n) is 9.64. The van der Waals surface area contributed by atoms with Gasteiger partial charge in [0, 0.05) is 53.0 Å². The van der Waals surface area contributed by atoms with E-state index < -0.39 is 0 Å². The number of likely N-dealkylation sites (tertiary alicyclic amines) is 1. The fourth-order valence-corrected chi connectivity index (χ4v) is 5.87. The first-order valence-electron chi connectivity index (χ1n) is 12.2. The number of nitrogens with zero attached hydrogens (tertiary/aromatic N) is 2. The monoisotopic (exact) mass is 478 g/mol. The number of piperidine rings is 1. The van der Waals surface area contributed by atoms with Crippen LogP contribution in [-0.2, 0) is 13.1 Å². The smallest absolute Gasteiger partial charge is 0.165 e. The third-order valence-electron chi connectivity index (χ3n) is 6.79. The standard InChI is InChI=1S/C28H34N2O3S/c1-20-9-10-27(34-20)23-14-24-18-30(17-22-7-3-4-8-25(22)31)12-13-32-28(24)26(15-23)33-19-21-6-5-11-29(2)16-21/h3-4,7-10,14-15,21,31H,5-6,11-13,16-19H2,1-2H3/t21-/m1/s1. The van der Waals surface area contributed by atoms with Crippen LogP contribution in [0.5, 0.6) is 17.2 Å². The number of hydrogen-bond donors (Lipinski definition) is 1. The van der Waals surface area contributed by atoms with Gasteiger partial charge >= 0.3 is 0 Å². The fourth-order valence-electron chi connectivity index (χ4n) is 5.01. The normalized spacial score (nSPS) is 19.3. The van der Waals surface area contributed by atoms with Crippen LogP contribution < -0.4 is 9.47 Å². The Morgan fingerprint density at radius 2 is 2.03 bits per heavy atom. The summed E-state index contributed by atoms with van der Waals surface area (Å²) in [5, 5.41) is 10.3. The van der Waals surface area contributed by atoms with Crippen molar-refractivity contribution in [2.24, 2.45) is 5.92 Å². The lowest BCUT2D eigenvalue weighted by Crippen LogP contribution is -2.34. The maximum atomic E-state index is 10.3. The van der Waals surface area contributed by atoms with E-state index >= 15 is 0 Å². The van der Waals surface area contributed by atoms with Gasteiger partial charge < -0.3 is 19.5 Å². The summed E-state index contributed by atoms with van der Waals surface area (Å²) in [7, 11) is 2.19. The average molecular weight is 479 g/mol. The molecule has 1 aromatic heterocycles. The van der Waals surface area contributed by atoms with Gasteiger partial charge in [0.15, 0.2) is 11.5 Å². The van der Waals surface area contributed by atoms with Crippen LogP contribution in [0.15, 0.2) is 48.5 Å². The SMILES string of the molecule is Cc1ccc(-c2cc3c(c(OC[C@@H]4CCCN(C)C4)c2)OCCN(Cc2ccccc2O)C3)s1. The van der Waals surface area contributed by atoms with Gasteiger partial charge in [-0.05, 0) is 69.3 Å². The number of fused-ring (bicyclic) bond motifs is 1. The van der Waals surface area contributed by atoms with E-state index in [1.54, 1.807) is 6.07 Å². The third kappa shape index (κ3) is 5.40. The number of aromatic hydroxyl groups is 1. The molecule has 2 aliphatic heterocycles. The second kappa shape index (κ2) is 10.4. The maximum absolute atomic E-state index is 10.3. The number of ether oxygens (including phenoxy) is 2. The highest BCUT2D eigenvalue weighted by Gasteiger charge is 2.24. The average Bonchev–Trinajstić information content (AvgIpc) is 3.15. The molecular formula is C28H34N2O3S. The molecule has 2 aliphatic rings. The number of aryl methyl sites for hydroxylation is 1. The Kier molecular flexibility index (Phi) is 7.09. The molecule has 0 bridgehead atoms. The minimum absolute atomic E-state index is 0.345. The van der Waals surface area contributed by atoms with Gasteiger partial charge in [-0.1, -0.05) is 18.2 Å². The highest BCUT2D eigenvalue weighted by Crippen LogP contribution is 2.41. The second-order valence-corrected chi connectivity index (χ2v) is 10.9. The zero-order valence-electron chi connectivity index (χ0n) is 20.1. The molecule has 0 radical (unpaired) electrons. The molecule has 1 saturated heterocycles. The summed E-state index contributed by atoms with van der Waals surface area (Å²) in [6.07, 6.45) is 2.44. The van der Waals surface area contributed by atoms with Crippen LogP contribution in [-0.4, -0.2) is 54.8 Å². The van der Waals surface area contributed by atoms with E-state index in [4.69, 9.17) is 9.47 Å². The van der Waals surface area contributed by atoms with Crippen molar-refractivity contribution in [3.8, 4) is 27.7 Å². The minimum Gasteiger partial charge on any atom is -0.508 e. The molecule has 0 unspecified atom stereocenters. The lowest BCUT2D eigenvalue weighted by Gasteiger charge is -2.29. The Bertz CT molecular complexity index is 1130. The highest BCUT2D eigenvalue weighted by molar-refractivity contribution is 7.15. The number of hydrogen-bond acceptors (Lipinski definition) is 6. The number of phenols is 1. The summed E-state index contributed by atoms with van der Waals surface area (Å²) in [5.74, 6) is 2.62. The van der Waals surface area contributed by atoms with Crippen molar-refractivity contribution in [2.75, 3.05) is 39.9 Å². The summed E-state index contributed by atoms with van der Waals surface area (Å²) in [5.41, 5.74) is 3.27. The van der Waals surface area contributed by atoms with Gasteiger partial charge in [0.1, 0.15) is 12.4 Å². The Morgan fingerprint density at radius 3 is 2.82 bits per heavy atom. The molecule has 5 rings (SSSR count). The fraction of sp³-hybridized carbons (Fsp3) is 0.429. The number of thiophene rings is 1. The Labute approximate surface area is 206 Å². The van der Waals surface area contributed by atoms with Crippen LogP contribution in [0.25, 0.3) is 10.4 Å². The van der Waals surface area contributed by atoms with Crippen LogP contribution in [0.2, 0.25) is 0 Å². The van der Waals surface area contributed by atoms with E-state index in [1.165, 1.54) is 34.7 Å². The first kappa shape index (κ1) is 23.2. The first-order chi connectivity index (χ1) is 16.5. The molecule has 3 aromatic rings. The van der Waals surface area contributed by atoms with Gasteiger partial charge in [0.25, 0.3) is 0 Å². The quantitative estimate of drug-likeness (QED) is 0.504. The summed E-state index contributed by atoms with van der Waals surface area (Å²) in [6.45, 7) is 7.95. The van der Waals surface area contributed by atoms with Crippen molar-refractivity contribution >= 4 is 11.3 Å². The van der Waals surface area contributed by atoms with Crippen molar-refractivity contribution in [3.63, 3.8) is 0 Å². The van der Waals surface area contributed by atoms with Crippen LogP contribution in [0.4, 0.5) is 0 Å². The minimum atomic E-state index is 0.345. The molecule has 0 amide bonds. The Balaban J connectivity index is 1.43. The van der Waals surface area contributed by atoms with Gasteiger partial charge in [-0.2, -0.15) is 0 Å². The van der Waals surface area contributed by atoms with E-state index in [0.717, 1.165) is 42.3 Å². The molecule has 2 aromatic carbocycles. The number of rotatable bonds is 6. The predicted molar refractivity (Wildman–Crippen MR) is 138 cm³/mol. The van der Waals surface area contributed by atoms with Gasteiger partial charge in [-0.15, -0.1) is 11.3 Å². The van der Waals surface area contributed by atoms with Crippen molar-refractivity contribution in [2.45, 2.75) is 32.9 Å². The lowest BCUT2D eigenvalue weighted by molar-refractivity contribution is 0.146. The molecule has 1 atom stereocenters. The van der Waals surface area contributed by atoms with Crippen LogP contribution in [0.3, 0.4) is 0 Å². The summed E-state index contributed by atoms with van der Waals surface area (Å²) in [4.78, 5) is 7.29. The van der Waals surface area contributed by atoms with Crippen LogP contribution in [0.1, 0.15) is 28.8 Å². The van der Waals surface area contributed by atoms with Gasteiger partial charge in [-0.3, -0.25) is 4.90 Å². The molecule has 180 valence electrons. The molecule has 5 nitrogen and oxygen atoms in total. The number of para-hydroxylation sites is 1. The molecule has 3 heterocycles. The maximum Gasteiger partial charge on any atom is 0.165 e. The Hall–Kier alpha value is -2.54. The van der Waals surface area contributed by atoms with E-state index in [2.05, 4.69) is 48.0 Å². The largest absolute Gasteiger partial charge is 0.508 e. The van der Waals surface area contributed by atoms with Crippen LogP contribution in [0, 0.1) is 12.8 Å². The van der Waals surface area contributed by atoms with Gasteiger partial charge in [0.05, 0.1) is 6.61 Å². The van der Waals surface area contributed by atoms with E-state index in [-0.39, 0.29) is 0 Å². The van der Waals surface area contributed by atoms with Gasteiger partial charge in [0.2, 0.25) is 0 Å². The van der Waals surface area contributed by atoms with Crippen molar-refractivity contribution < 1.29 is 14.6 Å². The molecule has 1 N–H and O–H groups in total. The summed E-state index contributed by atoms with van der Waals surface area (Å²) in [6, 6.07) is 16.4. The van der Waals surface area contributed by atoms with Crippen LogP contribution >= 0.6 is 11.3 Å². The van der Waals surface area contributed by atoms with E-state index in [1.807, 2.05) is 29.5 Å². The molecule has 6 heteroatoms. The topological polar surface area (TPSA) is 45.2 Å². The summed E-state index contributed by atoms with van der Waals surface area (Å²) < 4.78 is 12.8. The molecule has 0 spiro atoms. The number of phenolic OH excluding ortho intramolecular Hbond substituents is 1. The molecule has 1 fully saturated rings.